The Balaban J connectivity index is 1.79. The minimum atomic E-state index is 0.852. The number of H-pyrrole nitrogens is 1. The molecule has 2 heteroatoms. The van der Waals surface area contributed by atoms with Crippen molar-refractivity contribution < 1.29 is 0 Å². The molecule has 0 spiro atoms. The van der Waals surface area contributed by atoms with Gasteiger partial charge in [0.1, 0.15) is 5.82 Å². The lowest BCUT2D eigenvalue weighted by Crippen LogP contribution is -2.10. The molecule has 1 aromatic heterocycles. The van der Waals surface area contributed by atoms with E-state index in [1.54, 1.807) is 0 Å². The zero-order chi connectivity index (χ0) is 12.4. The van der Waals surface area contributed by atoms with E-state index in [1.165, 1.54) is 49.0 Å². The first-order valence-electron chi connectivity index (χ1n) is 7.32. The summed E-state index contributed by atoms with van der Waals surface area (Å²) in [5.41, 5.74) is 3.72. The number of aryl methyl sites for hydroxylation is 1. The Kier molecular flexibility index (Phi) is 3.35. The van der Waals surface area contributed by atoms with E-state index in [0.29, 0.717) is 0 Å². The van der Waals surface area contributed by atoms with Crippen LogP contribution in [-0.4, -0.2) is 9.97 Å². The zero-order valence-electron chi connectivity index (χ0n) is 11.2. The van der Waals surface area contributed by atoms with Crippen LogP contribution in [-0.2, 0) is 12.8 Å². The molecule has 3 rings (SSSR count). The average Bonchev–Trinajstić information content (AvgIpc) is 2.80. The van der Waals surface area contributed by atoms with Gasteiger partial charge < -0.3 is 4.98 Å². The Bertz CT molecular complexity index is 521. The summed E-state index contributed by atoms with van der Waals surface area (Å²) >= 11 is 0. The molecule has 1 aromatic carbocycles. The Morgan fingerprint density at radius 1 is 1.22 bits per heavy atom. The van der Waals surface area contributed by atoms with Crippen LogP contribution >= 0.6 is 0 Å². The molecule has 0 saturated heterocycles. The monoisotopic (exact) mass is 242 g/mol. The summed E-state index contributed by atoms with van der Waals surface area (Å²) in [6.07, 6.45) is 9.24. The molecular weight excluding hydrogens is 220 g/mol. The fourth-order valence-corrected chi connectivity index (χ4v) is 3.09. The van der Waals surface area contributed by atoms with E-state index in [4.69, 9.17) is 4.98 Å². The average molecular weight is 242 g/mol. The smallest absolute Gasteiger partial charge is 0.107 e. The summed E-state index contributed by atoms with van der Waals surface area (Å²) in [6, 6.07) is 6.58. The van der Waals surface area contributed by atoms with Crippen LogP contribution in [0.15, 0.2) is 18.2 Å². The van der Waals surface area contributed by atoms with Crippen molar-refractivity contribution >= 4 is 11.0 Å². The van der Waals surface area contributed by atoms with Gasteiger partial charge in [0.2, 0.25) is 0 Å². The molecule has 96 valence electrons. The first-order valence-corrected chi connectivity index (χ1v) is 7.32. The van der Waals surface area contributed by atoms with Crippen LogP contribution in [0, 0.1) is 5.92 Å². The molecule has 2 aromatic rings. The number of imidazole rings is 1. The molecule has 1 saturated carbocycles. The SMILES string of the molecule is CCc1ccc2nc(CC3CCCCC3)[nH]c2c1. The van der Waals surface area contributed by atoms with Gasteiger partial charge in [-0.05, 0) is 30.0 Å². The van der Waals surface area contributed by atoms with Crippen molar-refractivity contribution in [2.45, 2.75) is 51.9 Å². The van der Waals surface area contributed by atoms with E-state index >= 15 is 0 Å². The lowest BCUT2D eigenvalue weighted by Gasteiger charge is -2.20. The minimum Gasteiger partial charge on any atom is -0.342 e. The van der Waals surface area contributed by atoms with Crippen LogP contribution in [0.1, 0.15) is 50.4 Å². The summed E-state index contributed by atoms with van der Waals surface area (Å²) in [4.78, 5) is 8.23. The number of aromatic amines is 1. The van der Waals surface area contributed by atoms with Crippen molar-refractivity contribution in [1.82, 2.24) is 9.97 Å². The quantitative estimate of drug-likeness (QED) is 0.856. The summed E-state index contributed by atoms with van der Waals surface area (Å²) in [7, 11) is 0. The number of aromatic nitrogens is 2. The first-order chi connectivity index (χ1) is 8.85. The molecule has 18 heavy (non-hydrogen) atoms. The fourth-order valence-electron chi connectivity index (χ4n) is 3.09. The van der Waals surface area contributed by atoms with Gasteiger partial charge in [-0.2, -0.15) is 0 Å². The topological polar surface area (TPSA) is 28.7 Å². The molecule has 1 N–H and O–H groups in total. The van der Waals surface area contributed by atoms with Crippen molar-refractivity contribution in [2.24, 2.45) is 5.92 Å². The van der Waals surface area contributed by atoms with E-state index in [-0.39, 0.29) is 0 Å². The second-order valence-electron chi connectivity index (χ2n) is 5.60. The van der Waals surface area contributed by atoms with E-state index in [9.17, 15) is 0 Å². The normalized spacial score (nSPS) is 17.4. The van der Waals surface area contributed by atoms with Gasteiger partial charge in [0.15, 0.2) is 0 Å². The fraction of sp³-hybridized carbons (Fsp3) is 0.562. The molecule has 1 aliphatic rings. The number of hydrogen-bond donors (Lipinski definition) is 1. The third-order valence-corrected chi connectivity index (χ3v) is 4.21. The molecule has 1 aliphatic carbocycles. The van der Waals surface area contributed by atoms with Crippen LogP contribution in [0.2, 0.25) is 0 Å². The van der Waals surface area contributed by atoms with Crippen LogP contribution in [0.4, 0.5) is 0 Å². The maximum atomic E-state index is 4.73. The van der Waals surface area contributed by atoms with E-state index in [0.717, 1.165) is 24.3 Å². The van der Waals surface area contributed by atoms with E-state index in [2.05, 4.69) is 30.1 Å². The van der Waals surface area contributed by atoms with Gasteiger partial charge in [0.05, 0.1) is 11.0 Å². The summed E-state index contributed by atoms with van der Waals surface area (Å²) in [6.45, 7) is 2.19. The first kappa shape index (κ1) is 11.8. The lowest BCUT2D eigenvalue weighted by molar-refractivity contribution is 0.352. The van der Waals surface area contributed by atoms with Gasteiger partial charge in [0.25, 0.3) is 0 Å². The Morgan fingerprint density at radius 2 is 2.06 bits per heavy atom. The number of hydrogen-bond acceptors (Lipinski definition) is 1. The molecule has 0 aliphatic heterocycles. The zero-order valence-corrected chi connectivity index (χ0v) is 11.2. The molecule has 0 bridgehead atoms. The molecule has 1 fully saturated rings. The van der Waals surface area contributed by atoms with Crippen LogP contribution in [0.3, 0.4) is 0 Å². The maximum absolute atomic E-state index is 4.73. The van der Waals surface area contributed by atoms with E-state index < -0.39 is 0 Å². The van der Waals surface area contributed by atoms with Crippen LogP contribution < -0.4 is 0 Å². The maximum Gasteiger partial charge on any atom is 0.107 e. The summed E-state index contributed by atoms with van der Waals surface area (Å²) in [5.74, 6) is 2.04. The second-order valence-corrected chi connectivity index (χ2v) is 5.60. The number of fused-ring (bicyclic) bond motifs is 1. The van der Waals surface area contributed by atoms with Gasteiger partial charge in [-0.15, -0.1) is 0 Å². The Labute approximate surface area is 109 Å². The third kappa shape index (κ3) is 2.43. The number of nitrogens with zero attached hydrogens (tertiary/aromatic N) is 1. The third-order valence-electron chi connectivity index (χ3n) is 4.21. The lowest BCUT2D eigenvalue weighted by atomic mass is 9.87. The molecule has 0 radical (unpaired) electrons. The predicted octanol–water partition coefficient (Wildman–Crippen LogP) is 4.25. The van der Waals surface area contributed by atoms with Gasteiger partial charge in [-0.3, -0.25) is 0 Å². The molecule has 1 heterocycles. The molecule has 0 atom stereocenters. The van der Waals surface area contributed by atoms with Crippen molar-refractivity contribution in [2.75, 3.05) is 0 Å². The summed E-state index contributed by atoms with van der Waals surface area (Å²) in [5, 5.41) is 0. The highest BCUT2D eigenvalue weighted by molar-refractivity contribution is 5.75. The van der Waals surface area contributed by atoms with Crippen LogP contribution in [0.5, 0.6) is 0 Å². The minimum absolute atomic E-state index is 0.852. The molecule has 0 unspecified atom stereocenters. The molecular formula is C16H22N2. The highest BCUT2D eigenvalue weighted by Gasteiger charge is 2.15. The molecule has 2 nitrogen and oxygen atoms in total. The second kappa shape index (κ2) is 5.13. The summed E-state index contributed by atoms with van der Waals surface area (Å²) < 4.78 is 0. The number of nitrogens with one attached hydrogen (secondary N) is 1. The van der Waals surface area contributed by atoms with Crippen molar-refractivity contribution in [3.8, 4) is 0 Å². The molecule has 0 amide bonds. The largest absolute Gasteiger partial charge is 0.342 e. The van der Waals surface area contributed by atoms with E-state index in [1.807, 2.05) is 0 Å². The van der Waals surface area contributed by atoms with Crippen molar-refractivity contribution in [1.29, 1.82) is 0 Å². The highest BCUT2D eigenvalue weighted by Crippen LogP contribution is 2.26. The van der Waals surface area contributed by atoms with Crippen molar-refractivity contribution in [3.63, 3.8) is 0 Å². The Morgan fingerprint density at radius 3 is 2.83 bits per heavy atom. The standard InChI is InChI=1S/C16H22N2/c1-2-12-8-9-14-15(10-12)18-16(17-14)11-13-6-4-3-5-7-13/h8-10,13H,2-7,11H2,1H3,(H,17,18). The van der Waals surface area contributed by atoms with Gasteiger partial charge >= 0.3 is 0 Å². The number of benzene rings is 1. The van der Waals surface area contributed by atoms with Gasteiger partial charge in [-0.1, -0.05) is 45.1 Å². The van der Waals surface area contributed by atoms with Crippen molar-refractivity contribution in [3.05, 3.63) is 29.6 Å². The Hall–Kier alpha value is -1.31. The van der Waals surface area contributed by atoms with Gasteiger partial charge in [-0.25, -0.2) is 4.98 Å². The number of rotatable bonds is 3. The van der Waals surface area contributed by atoms with Gasteiger partial charge in [0, 0.05) is 6.42 Å². The highest BCUT2D eigenvalue weighted by atomic mass is 14.9. The predicted molar refractivity (Wildman–Crippen MR) is 75.8 cm³/mol. The van der Waals surface area contributed by atoms with Crippen LogP contribution in [0.25, 0.3) is 11.0 Å².